The van der Waals surface area contributed by atoms with Gasteiger partial charge in [-0.1, -0.05) is 50.5 Å². The number of fused-ring (bicyclic) bond motifs is 1. The molecule has 0 aliphatic heterocycles. The molecule has 8 nitrogen and oxygen atoms in total. The van der Waals surface area contributed by atoms with Gasteiger partial charge in [0.25, 0.3) is 5.56 Å². The Bertz CT molecular complexity index is 1440. The van der Waals surface area contributed by atoms with Gasteiger partial charge in [0.2, 0.25) is 0 Å². The second-order valence-electron chi connectivity index (χ2n) is 10.5. The lowest BCUT2D eigenvalue weighted by atomic mass is 9.95. The van der Waals surface area contributed by atoms with Crippen LogP contribution in [0.3, 0.4) is 0 Å². The van der Waals surface area contributed by atoms with Crippen LogP contribution in [0.1, 0.15) is 85.6 Å². The number of hydrogen-bond acceptors (Lipinski definition) is 6. The zero-order chi connectivity index (χ0) is 26.6. The van der Waals surface area contributed by atoms with Crippen LogP contribution in [0.15, 0.2) is 47.3 Å². The van der Waals surface area contributed by atoms with Crippen LogP contribution in [-0.2, 0) is 13.1 Å². The Balaban J connectivity index is 1.53. The Labute approximate surface area is 224 Å². The predicted molar refractivity (Wildman–Crippen MR) is 149 cm³/mol. The van der Waals surface area contributed by atoms with Crippen LogP contribution in [0, 0.1) is 13.8 Å². The first-order valence-electron chi connectivity index (χ1n) is 13.7. The first kappa shape index (κ1) is 26.1. The van der Waals surface area contributed by atoms with E-state index in [2.05, 4.69) is 75.1 Å². The van der Waals surface area contributed by atoms with Gasteiger partial charge in [-0.25, -0.2) is 4.68 Å². The lowest BCUT2D eigenvalue weighted by Crippen LogP contribution is -2.33. The SMILES string of the molecule is CCC(c1nnnn1C1CCCCC1)N(Cc1ccc(OC)cc1)Cc1cc2ccc(C)c(C)c2[nH]c1=O. The highest BCUT2D eigenvalue weighted by Crippen LogP contribution is 2.33. The van der Waals surface area contributed by atoms with Crippen LogP contribution in [0.2, 0.25) is 0 Å². The first-order chi connectivity index (χ1) is 18.5. The van der Waals surface area contributed by atoms with Gasteiger partial charge < -0.3 is 9.72 Å². The van der Waals surface area contributed by atoms with Crippen molar-refractivity contribution in [3.05, 3.63) is 80.9 Å². The molecule has 0 radical (unpaired) electrons. The van der Waals surface area contributed by atoms with Crippen molar-refractivity contribution >= 4 is 10.9 Å². The third kappa shape index (κ3) is 5.36. The van der Waals surface area contributed by atoms with Gasteiger partial charge >= 0.3 is 0 Å². The predicted octanol–water partition coefficient (Wildman–Crippen LogP) is 5.80. The summed E-state index contributed by atoms with van der Waals surface area (Å²) in [4.78, 5) is 18.8. The average Bonchev–Trinajstić information content (AvgIpc) is 3.42. The first-order valence-corrected chi connectivity index (χ1v) is 13.7. The van der Waals surface area contributed by atoms with Crippen molar-refractivity contribution in [1.82, 2.24) is 30.1 Å². The molecule has 0 bridgehead atoms. The number of hydrogen-bond donors (Lipinski definition) is 1. The number of H-pyrrole nitrogens is 1. The number of aryl methyl sites for hydroxylation is 2. The molecule has 1 aliphatic rings. The Kier molecular flexibility index (Phi) is 7.88. The van der Waals surface area contributed by atoms with Gasteiger partial charge in [0.05, 0.1) is 24.7 Å². The molecule has 1 unspecified atom stereocenters. The molecule has 0 saturated heterocycles. The molecule has 5 rings (SSSR count). The number of nitrogens with one attached hydrogen (secondary N) is 1. The number of aromatic nitrogens is 5. The zero-order valence-corrected chi connectivity index (χ0v) is 22.9. The summed E-state index contributed by atoms with van der Waals surface area (Å²) in [6.45, 7) is 7.44. The third-order valence-electron chi connectivity index (χ3n) is 8.11. The van der Waals surface area contributed by atoms with Crippen molar-refractivity contribution in [3.8, 4) is 5.75 Å². The number of tetrazole rings is 1. The fraction of sp³-hybridized carbons (Fsp3) is 0.467. The quantitative estimate of drug-likeness (QED) is 0.304. The highest BCUT2D eigenvalue weighted by molar-refractivity contribution is 5.83. The lowest BCUT2D eigenvalue weighted by Gasteiger charge is -2.32. The van der Waals surface area contributed by atoms with Crippen molar-refractivity contribution in [3.63, 3.8) is 0 Å². The van der Waals surface area contributed by atoms with Crippen molar-refractivity contribution in [1.29, 1.82) is 0 Å². The van der Waals surface area contributed by atoms with Gasteiger partial charge in [-0.05, 0) is 83.8 Å². The van der Waals surface area contributed by atoms with Crippen molar-refractivity contribution in [2.45, 2.75) is 84.5 Å². The molecule has 1 atom stereocenters. The molecule has 38 heavy (non-hydrogen) atoms. The van der Waals surface area contributed by atoms with E-state index >= 15 is 0 Å². The Morgan fingerprint density at radius 1 is 1.08 bits per heavy atom. The zero-order valence-electron chi connectivity index (χ0n) is 22.9. The van der Waals surface area contributed by atoms with E-state index in [1.54, 1.807) is 7.11 Å². The smallest absolute Gasteiger partial charge is 0.252 e. The third-order valence-corrected chi connectivity index (χ3v) is 8.11. The molecular weight excluding hydrogens is 476 g/mol. The number of rotatable bonds is 9. The summed E-state index contributed by atoms with van der Waals surface area (Å²) in [5.41, 5.74) is 5.03. The molecule has 2 aromatic carbocycles. The molecule has 1 N–H and O–H groups in total. The monoisotopic (exact) mass is 514 g/mol. The summed E-state index contributed by atoms with van der Waals surface area (Å²) in [7, 11) is 1.68. The highest BCUT2D eigenvalue weighted by atomic mass is 16.5. The topological polar surface area (TPSA) is 88.9 Å². The van der Waals surface area contributed by atoms with Crippen LogP contribution in [0.4, 0.5) is 0 Å². The number of ether oxygens (including phenoxy) is 1. The Morgan fingerprint density at radius 3 is 2.55 bits per heavy atom. The van der Waals surface area contributed by atoms with E-state index in [0.717, 1.165) is 58.4 Å². The summed E-state index contributed by atoms with van der Waals surface area (Å²) in [5, 5.41) is 14.2. The van der Waals surface area contributed by atoms with E-state index in [0.29, 0.717) is 19.1 Å². The lowest BCUT2D eigenvalue weighted by molar-refractivity contribution is 0.155. The van der Waals surface area contributed by atoms with E-state index in [1.165, 1.54) is 24.8 Å². The minimum atomic E-state index is -0.0485. The van der Waals surface area contributed by atoms with Gasteiger partial charge in [0, 0.05) is 18.7 Å². The summed E-state index contributed by atoms with van der Waals surface area (Å²) >= 11 is 0. The maximum absolute atomic E-state index is 13.3. The van der Waals surface area contributed by atoms with Crippen LogP contribution >= 0.6 is 0 Å². The highest BCUT2D eigenvalue weighted by Gasteiger charge is 2.29. The molecule has 200 valence electrons. The van der Waals surface area contributed by atoms with E-state index in [4.69, 9.17) is 4.74 Å². The van der Waals surface area contributed by atoms with Crippen LogP contribution < -0.4 is 10.3 Å². The van der Waals surface area contributed by atoms with E-state index < -0.39 is 0 Å². The molecule has 1 aliphatic carbocycles. The number of aromatic amines is 1. The standard InChI is InChI=1S/C30H38N6O2/c1-5-27(29-32-33-34-36(29)25-9-7-6-8-10-25)35(18-22-12-15-26(38-4)16-13-22)19-24-17-23-14-11-20(2)21(3)28(23)31-30(24)37/h11-17,25,27H,5-10,18-19H2,1-4H3,(H,31,37). The van der Waals surface area contributed by atoms with Gasteiger partial charge in [0.1, 0.15) is 5.75 Å². The minimum absolute atomic E-state index is 0.0381. The molecule has 2 heterocycles. The number of methoxy groups -OCH3 is 1. The maximum Gasteiger partial charge on any atom is 0.252 e. The van der Waals surface area contributed by atoms with Crippen molar-refractivity contribution in [2.24, 2.45) is 0 Å². The molecule has 8 heteroatoms. The fourth-order valence-electron chi connectivity index (χ4n) is 5.76. The summed E-state index contributed by atoms with van der Waals surface area (Å²) in [6, 6.07) is 14.7. The van der Waals surface area contributed by atoms with Gasteiger partial charge in [-0.15, -0.1) is 5.10 Å². The van der Waals surface area contributed by atoms with Gasteiger partial charge in [-0.3, -0.25) is 9.69 Å². The number of benzene rings is 2. The van der Waals surface area contributed by atoms with E-state index in [-0.39, 0.29) is 11.6 Å². The largest absolute Gasteiger partial charge is 0.497 e. The average molecular weight is 515 g/mol. The Hall–Kier alpha value is -3.52. The molecule has 0 amide bonds. The second-order valence-corrected chi connectivity index (χ2v) is 10.5. The normalized spacial score (nSPS) is 15.3. The van der Waals surface area contributed by atoms with Crippen LogP contribution in [0.5, 0.6) is 5.75 Å². The summed E-state index contributed by atoms with van der Waals surface area (Å²) in [6.07, 6.45) is 6.74. The minimum Gasteiger partial charge on any atom is -0.497 e. The Morgan fingerprint density at radius 2 is 1.84 bits per heavy atom. The van der Waals surface area contributed by atoms with Crippen molar-refractivity contribution in [2.75, 3.05) is 7.11 Å². The number of pyridine rings is 1. The molecule has 0 spiro atoms. The summed E-state index contributed by atoms with van der Waals surface area (Å²) in [5.74, 6) is 1.71. The van der Waals surface area contributed by atoms with E-state index in [1.807, 2.05) is 18.2 Å². The molecule has 1 fully saturated rings. The molecule has 2 aromatic heterocycles. The second kappa shape index (κ2) is 11.5. The fourth-order valence-corrected chi connectivity index (χ4v) is 5.76. The van der Waals surface area contributed by atoms with Gasteiger partial charge in [0.15, 0.2) is 5.82 Å². The summed E-state index contributed by atoms with van der Waals surface area (Å²) < 4.78 is 7.43. The van der Waals surface area contributed by atoms with E-state index in [9.17, 15) is 4.79 Å². The maximum atomic E-state index is 13.3. The van der Waals surface area contributed by atoms with Crippen molar-refractivity contribution < 1.29 is 4.74 Å². The number of nitrogens with zero attached hydrogens (tertiary/aromatic N) is 5. The molecular formula is C30H38N6O2. The van der Waals surface area contributed by atoms with Crippen LogP contribution in [0.25, 0.3) is 10.9 Å². The van der Waals surface area contributed by atoms with Gasteiger partial charge in [-0.2, -0.15) is 0 Å². The molecule has 4 aromatic rings. The molecule has 1 saturated carbocycles. The van der Waals surface area contributed by atoms with Crippen LogP contribution in [-0.4, -0.2) is 37.2 Å².